The van der Waals surface area contributed by atoms with Gasteiger partial charge in [-0.1, -0.05) is 12.1 Å². The van der Waals surface area contributed by atoms with E-state index in [-0.39, 0.29) is 5.91 Å². The average Bonchev–Trinajstić information content (AvgIpc) is 2.99. The Morgan fingerprint density at radius 1 is 1.36 bits per heavy atom. The van der Waals surface area contributed by atoms with Crippen LogP contribution in [0.15, 0.2) is 30.5 Å². The van der Waals surface area contributed by atoms with Gasteiger partial charge in [-0.25, -0.2) is 4.98 Å². The minimum atomic E-state index is -0.0994. The van der Waals surface area contributed by atoms with Gasteiger partial charge in [-0.05, 0) is 31.5 Å². The van der Waals surface area contributed by atoms with Gasteiger partial charge in [0.15, 0.2) is 4.96 Å². The van der Waals surface area contributed by atoms with Crippen LogP contribution in [0.25, 0.3) is 4.96 Å². The molecule has 5 nitrogen and oxygen atoms in total. The number of imidazole rings is 1. The fourth-order valence-electron chi connectivity index (χ4n) is 2.44. The molecule has 3 rings (SSSR count). The number of fused-ring (bicyclic) bond motifs is 1. The first-order chi connectivity index (χ1) is 10.6. The largest absolute Gasteiger partial charge is 0.388 e. The first-order valence-corrected chi connectivity index (χ1v) is 7.90. The SMILES string of the molecule is CNc1cccc(CNC(=O)c2c(C)nc3sc(C)cn23)c1. The van der Waals surface area contributed by atoms with E-state index < -0.39 is 0 Å². The fourth-order valence-corrected chi connectivity index (χ4v) is 3.31. The van der Waals surface area contributed by atoms with Crippen LogP contribution in [0.5, 0.6) is 0 Å². The number of nitrogens with one attached hydrogen (secondary N) is 2. The van der Waals surface area contributed by atoms with Crippen molar-refractivity contribution >= 4 is 27.9 Å². The first-order valence-electron chi connectivity index (χ1n) is 7.08. The van der Waals surface area contributed by atoms with Gasteiger partial charge >= 0.3 is 0 Å². The quantitative estimate of drug-likeness (QED) is 0.778. The van der Waals surface area contributed by atoms with Crippen molar-refractivity contribution in [2.75, 3.05) is 12.4 Å². The van der Waals surface area contributed by atoms with Crippen LogP contribution >= 0.6 is 11.3 Å². The topological polar surface area (TPSA) is 58.4 Å². The molecule has 0 saturated heterocycles. The van der Waals surface area contributed by atoms with Gasteiger partial charge in [0.25, 0.3) is 5.91 Å². The van der Waals surface area contributed by atoms with Crippen molar-refractivity contribution in [3.05, 3.63) is 52.3 Å². The smallest absolute Gasteiger partial charge is 0.270 e. The first kappa shape index (κ1) is 14.6. The lowest BCUT2D eigenvalue weighted by molar-refractivity contribution is 0.0944. The molecule has 0 aliphatic carbocycles. The van der Waals surface area contributed by atoms with Gasteiger partial charge in [0.05, 0.1) is 5.69 Å². The van der Waals surface area contributed by atoms with Crippen LogP contribution in [-0.2, 0) is 6.54 Å². The molecule has 2 heterocycles. The van der Waals surface area contributed by atoms with Crippen LogP contribution < -0.4 is 10.6 Å². The maximum absolute atomic E-state index is 12.5. The molecular weight excluding hydrogens is 296 g/mol. The summed E-state index contributed by atoms with van der Waals surface area (Å²) in [5, 5.41) is 6.07. The third-order valence-corrected chi connectivity index (χ3v) is 4.40. The minimum Gasteiger partial charge on any atom is -0.388 e. The van der Waals surface area contributed by atoms with Crippen molar-refractivity contribution in [1.82, 2.24) is 14.7 Å². The summed E-state index contributed by atoms with van der Waals surface area (Å²) < 4.78 is 1.87. The molecule has 0 radical (unpaired) electrons. The second-order valence-electron chi connectivity index (χ2n) is 5.17. The molecule has 0 saturated carbocycles. The highest BCUT2D eigenvalue weighted by Gasteiger charge is 2.17. The molecule has 0 aliphatic rings. The van der Waals surface area contributed by atoms with Crippen LogP contribution in [0.2, 0.25) is 0 Å². The highest BCUT2D eigenvalue weighted by Crippen LogP contribution is 2.20. The molecule has 22 heavy (non-hydrogen) atoms. The van der Waals surface area contributed by atoms with Crippen molar-refractivity contribution in [3.63, 3.8) is 0 Å². The summed E-state index contributed by atoms with van der Waals surface area (Å²) in [6.07, 6.45) is 1.95. The van der Waals surface area contributed by atoms with Crippen LogP contribution in [0, 0.1) is 13.8 Å². The third-order valence-electron chi connectivity index (χ3n) is 3.50. The number of amides is 1. The van der Waals surface area contributed by atoms with Crippen LogP contribution in [0.4, 0.5) is 5.69 Å². The van der Waals surface area contributed by atoms with E-state index in [1.807, 2.05) is 55.8 Å². The highest BCUT2D eigenvalue weighted by molar-refractivity contribution is 7.17. The molecule has 0 spiro atoms. The molecule has 2 N–H and O–H groups in total. The monoisotopic (exact) mass is 314 g/mol. The molecule has 1 aromatic carbocycles. The molecule has 6 heteroatoms. The molecule has 2 aromatic heterocycles. The lowest BCUT2D eigenvalue weighted by Gasteiger charge is -2.07. The molecule has 1 amide bonds. The summed E-state index contributed by atoms with van der Waals surface area (Å²) in [5.74, 6) is -0.0994. The Bertz CT molecular complexity index is 834. The Labute approximate surface area is 133 Å². The number of benzene rings is 1. The number of anilines is 1. The highest BCUT2D eigenvalue weighted by atomic mass is 32.1. The van der Waals surface area contributed by atoms with Crippen LogP contribution in [-0.4, -0.2) is 22.3 Å². The fraction of sp³-hybridized carbons (Fsp3) is 0.250. The van der Waals surface area contributed by atoms with Gasteiger partial charge in [0.2, 0.25) is 0 Å². The van der Waals surface area contributed by atoms with E-state index in [0.29, 0.717) is 12.2 Å². The Balaban J connectivity index is 1.79. The zero-order valence-corrected chi connectivity index (χ0v) is 13.6. The second kappa shape index (κ2) is 5.81. The van der Waals surface area contributed by atoms with Gasteiger partial charge in [0, 0.05) is 30.4 Å². The van der Waals surface area contributed by atoms with E-state index in [2.05, 4.69) is 15.6 Å². The Hall–Kier alpha value is -2.34. The molecule has 114 valence electrons. The molecule has 0 atom stereocenters. The van der Waals surface area contributed by atoms with E-state index in [1.54, 1.807) is 11.3 Å². The number of nitrogens with zero attached hydrogens (tertiary/aromatic N) is 2. The van der Waals surface area contributed by atoms with Crippen molar-refractivity contribution in [3.8, 4) is 0 Å². The summed E-state index contributed by atoms with van der Waals surface area (Å²) in [6, 6.07) is 7.98. The van der Waals surface area contributed by atoms with Gasteiger partial charge in [0.1, 0.15) is 5.69 Å². The van der Waals surface area contributed by atoms with Gasteiger partial charge in [-0.2, -0.15) is 0 Å². The predicted octanol–water partition coefficient (Wildman–Crippen LogP) is 2.98. The molecule has 3 aromatic rings. The van der Waals surface area contributed by atoms with Crippen molar-refractivity contribution < 1.29 is 4.79 Å². The summed E-state index contributed by atoms with van der Waals surface area (Å²) in [4.78, 5) is 18.9. The number of aryl methyl sites for hydroxylation is 2. The Morgan fingerprint density at radius 3 is 2.95 bits per heavy atom. The molecule has 0 fully saturated rings. The number of hydrogen-bond donors (Lipinski definition) is 2. The molecule has 0 unspecified atom stereocenters. The maximum atomic E-state index is 12.5. The average molecular weight is 314 g/mol. The number of aromatic nitrogens is 2. The van der Waals surface area contributed by atoms with Crippen molar-refractivity contribution in [1.29, 1.82) is 0 Å². The number of hydrogen-bond acceptors (Lipinski definition) is 4. The second-order valence-corrected chi connectivity index (χ2v) is 6.39. The third kappa shape index (κ3) is 2.69. The molecular formula is C16H18N4OS. The number of carbonyl (C=O) groups is 1. The molecule has 0 bridgehead atoms. The van der Waals surface area contributed by atoms with E-state index in [0.717, 1.165) is 26.8 Å². The standard InChI is InChI=1S/C16H18N4OS/c1-10-9-20-14(11(2)19-16(20)22-10)15(21)18-8-12-5-4-6-13(7-12)17-3/h4-7,9,17H,8H2,1-3H3,(H,18,21). The normalized spacial score (nSPS) is 10.9. The zero-order chi connectivity index (χ0) is 15.7. The van der Waals surface area contributed by atoms with Crippen molar-refractivity contribution in [2.24, 2.45) is 0 Å². The van der Waals surface area contributed by atoms with Gasteiger partial charge < -0.3 is 10.6 Å². The van der Waals surface area contributed by atoms with E-state index in [9.17, 15) is 4.79 Å². The maximum Gasteiger partial charge on any atom is 0.270 e. The lowest BCUT2D eigenvalue weighted by Crippen LogP contribution is -2.24. The Morgan fingerprint density at radius 2 is 2.18 bits per heavy atom. The summed E-state index contributed by atoms with van der Waals surface area (Å²) >= 11 is 1.59. The van der Waals surface area contributed by atoms with E-state index >= 15 is 0 Å². The predicted molar refractivity (Wildman–Crippen MR) is 89.7 cm³/mol. The zero-order valence-electron chi connectivity index (χ0n) is 12.8. The summed E-state index contributed by atoms with van der Waals surface area (Å²) in [6.45, 7) is 4.37. The number of thiazole rings is 1. The van der Waals surface area contributed by atoms with Gasteiger partial charge in [-0.3, -0.25) is 9.20 Å². The summed E-state index contributed by atoms with van der Waals surface area (Å²) in [5.41, 5.74) is 3.46. The number of carbonyl (C=O) groups excluding carboxylic acids is 1. The van der Waals surface area contributed by atoms with Gasteiger partial charge in [-0.15, -0.1) is 11.3 Å². The van der Waals surface area contributed by atoms with Crippen molar-refractivity contribution in [2.45, 2.75) is 20.4 Å². The lowest BCUT2D eigenvalue weighted by atomic mass is 10.2. The van der Waals surface area contributed by atoms with Crippen LogP contribution in [0.3, 0.4) is 0 Å². The van der Waals surface area contributed by atoms with E-state index in [4.69, 9.17) is 0 Å². The number of rotatable bonds is 4. The molecule has 0 aliphatic heterocycles. The minimum absolute atomic E-state index is 0.0994. The summed E-state index contributed by atoms with van der Waals surface area (Å²) in [7, 11) is 1.88. The van der Waals surface area contributed by atoms with Crippen LogP contribution in [0.1, 0.15) is 26.6 Å². The Kier molecular flexibility index (Phi) is 3.85. The van der Waals surface area contributed by atoms with E-state index in [1.165, 1.54) is 0 Å².